The van der Waals surface area contributed by atoms with Crippen LogP contribution in [0.25, 0.3) is 33.6 Å². The molecule has 2 amide bonds. The topological polar surface area (TPSA) is 109 Å². The molecule has 0 radical (unpaired) electrons. The molecule has 2 N–H and O–H groups in total. The molecule has 4 aromatic rings. The molecule has 13 heteroatoms. The molecule has 4 saturated heterocycles. The SMILES string of the molecule is COc1cc(-c2cccc(-c3cccc(-c4ccc(CN5CC6(CNC(=O)C6)C5)c(OC)n4)c3Cl)c2Cl)nc(Cl)c1CN1CC2(CNC(=O)C2)C1. The second-order valence-corrected chi connectivity index (χ2v) is 15.5. The number of halogens is 3. The molecule has 0 atom stereocenters. The van der Waals surface area contributed by atoms with Crippen molar-refractivity contribution in [3.05, 3.63) is 80.9 Å². The Morgan fingerprint density at radius 1 is 0.706 bits per heavy atom. The minimum atomic E-state index is 0.0114. The van der Waals surface area contributed by atoms with Crippen LogP contribution in [0.5, 0.6) is 11.6 Å². The van der Waals surface area contributed by atoms with Gasteiger partial charge in [-0.15, -0.1) is 0 Å². The maximum atomic E-state index is 11.8. The highest BCUT2D eigenvalue weighted by Gasteiger charge is 2.49. The smallest absolute Gasteiger partial charge is 0.220 e. The molecule has 8 rings (SSSR count). The highest BCUT2D eigenvalue weighted by atomic mass is 35.5. The summed E-state index contributed by atoms with van der Waals surface area (Å²) < 4.78 is 11.5. The van der Waals surface area contributed by atoms with Crippen molar-refractivity contribution in [1.29, 1.82) is 0 Å². The average Bonchev–Trinajstić information content (AvgIpc) is 3.68. The maximum Gasteiger partial charge on any atom is 0.220 e. The van der Waals surface area contributed by atoms with Gasteiger partial charge in [-0.1, -0.05) is 77.3 Å². The van der Waals surface area contributed by atoms with E-state index in [1.54, 1.807) is 14.2 Å². The Morgan fingerprint density at radius 3 is 1.78 bits per heavy atom. The first-order valence-electron chi connectivity index (χ1n) is 16.9. The number of pyridine rings is 2. The Hall–Kier alpha value is -3.93. The van der Waals surface area contributed by atoms with Crippen LogP contribution in [0.2, 0.25) is 15.2 Å². The van der Waals surface area contributed by atoms with E-state index in [-0.39, 0.29) is 22.6 Å². The van der Waals surface area contributed by atoms with Crippen LogP contribution in [0.3, 0.4) is 0 Å². The van der Waals surface area contributed by atoms with Crippen LogP contribution in [0.15, 0.2) is 54.6 Å². The number of carbonyl (C=O) groups excluding carboxylic acids is 2. The lowest BCUT2D eigenvalue weighted by molar-refractivity contribution is -0.121. The molecule has 0 bridgehead atoms. The zero-order chi connectivity index (χ0) is 35.5. The van der Waals surface area contributed by atoms with Crippen molar-refractivity contribution in [2.24, 2.45) is 10.8 Å². The normalized spacial score (nSPS) is 19.2. The highest BCUT2D eigenvalue weighted by molar-refractivity contribution is 6.39. The van der Waals surface area contributed by atoms with E-state index in [0.717, 1.165) is 60.5 Å². The van der Waals surface area contributed by atoms with Crippen molar-refractivity contribution in [3.8, 4) is 45.3 Å². The largest absolute Gasteiger partial charge is 0.496 e. The van der Waals surface area contributed by atoms with Crippen molar-refractivity contribution in [3.63, 3.8) is 0 Å². The number of hydrogen-bond donors (Lipinski definition) is 2. The van der Waals surface area contributed by atoms with Crippen molar-refractivity contribution in [1.82, 2.24) is 30.4 Å². The summed E-state index contributed by atoms with van der Waals surface area (Å²) in [7, 11) is 3.24. The number of aromatic nitrogens is 2. The third kappa shape index (κ3) is 6.31. The summed E-state index contributed by atoms with van der Waals surface area (Å²) in [6.45, 7) is 6.07. The summed E-state index contributed by atoms with van der Waals surface area (Å²) in [5.74, 6) is 1.41. The third-order valence-corrected chi connectivity index (χ3v) is 11.8. The number of nitrogens with one attached hydrogen (secondary N) is 2. The number of benzene rings is 2. The summed E-state index contributed by atoms with van der Waals surface area (Å²) in [4.78, 5) is 37.7. The van der Waals surface area contributed by atoms with Crippen LogP contribution in [0.4, 0.5) is 0 Å². The van der Waals surface area contributed by atoms with E-state index in [1.165, 1.54) is 0 Å². The monoisotopic (exact) mass is 746 g/mol. The van der Waals surface area contributed by atoms with E-state index >= 15 is 0 Å². The van der Waals surface area contributed by atoms with Gasteiger partial charge in [-0.25, -0.2) is 9.97 Å². The number of ether oxygens (including phenoxy) is 2. The van der Waals surface area contributed by atoms with E-state index in [4.69, 9.17) is 54.2 Å². The molecule has 0 aliphatic carbocycles. The fourth-order valence-electron chi connectivity index (χ4n) is 8.22. The second-order valence-electron chi connectivity index (χ2n) is 14.4. The molecule has 0 unspecified atom stereocenters. The van der Waals surface area contributed by atoms with Gasteiger partial charge in [0, 0.05) is 115 Å². The van der Waals surface area contributed by atoms with E-state index < -0.39 is 0 Å². The molecule has 4 aliphatic heterocycles. The fourth-order valence-corrected chi connectivity index (χ4v) is 9.11. The van der Waals surface area contributed by atoms with Gasteiger partial charge >= 0.3 is 0 Å². The van der Waals surface area contributed by atoms with Gasteiger partial charge in [-0.2, -0.15) is 0 Å². The van der Waals surface area contributed by atoms with E-state index in [9.17, 15) is 9.59 Å². The number of rotatable bonds is 9. The van der Waals surface area contributed by atoms with Gasteiger partial charge in [0.05, 0.1) is 35.7 Å². The molecule has 51 heavy (non-hydrogen) atoms. The van der Waals surface area contributed by atoms with Gasteiger partial charge in [0.1, 0.15) is 10.9 Å². The summed E-state index contributed by atoms with van der Waals surface area (Å²) >= 11 is 21.1. The Bertz CT molecular complexity index is 2060. The van der Waals surface area contributed by atoms with Gasteiger partial charge in [-0.05, 0) is 6.07 Å². The number of methoxy groups -OCH3 is 2. The minimum absolute atomic E-state index is 0.0114. The first-order valence-corrected chi connectivity index (χ1v) is 18.1. The van der Waals surface area contributed by atoms with Gasteiger partial charge in [0.15, 0.2) is 0 Å². The summed E-state index contributed by atoms with van der Waals surface area (Å²) in [6.07, 6.45) is 1.15. The quantitative estimate of drug-likeness (QED) is 0.198. The first-order chi connectivity index (χ1) is 24.6. The summed E-state index contributed by atoms with van der Waals surface area (Å²) in [5, 5.41) is 7.23. The number of hydrogen-bond acceptors (Lipinski definition) is 8. The summed E-state index contributed by atoms with van der Waals surface area (Å²) in [6, 6.07) is 17.4. The standard InChI is InChI=1S/C38H37Cl3N6O4/c1-50-30-11-29(44-35(41)27(30)15-47-20-38(21-47)13-32(49)43-17-38)26-8-4-6-24(34(26)40)23-5-3-7-25(33(23)39)28-10-9-22(36(45-28)51-2)14-46-18-37(19-46)12-31(48)42-16-37/h3-11H,12-21H2,1-2H3,(H,42,48)(H,43,49). The summed E-state index contributed by atoms with van der Waals surface area (Å²) in [5.41, 5.74) is 6.01. The van der Waals surface area contributed by atoms with E-state index in [2.05, 4.69) is 20.4 Å². The lowest BCUT2D eigenvalue weighted by Crippen LogP contribution is -2.56. The van der Waals surface area contributed by atoms with Crippen LogP contribution < -0.4 is 20.1 Å². The van der Waals surface area contributed by atoms with Crippen molar-refractivity contribution in [2.75, 3.05) is 53.5 Å². The van der Waals surface area contributed by atoms with Crippen LogP contribution in [0.1, 0.15) is 24.0 Å². The van der Waals surface area contributed by atoms with E-state index in [1.807, 2.05) is 54.6 Å². The Morgan fingerprint density at radius 2 is 1.25 bits per heavy atom. The molecular formula is C38H37Cl3N6O4. The Balaban J connectivity index is 1.03. The van der Waals surface area contributed by atoms with Crippen LogP contribution >= 0.6 is 34.8 Å². The van der Waals surface area contributed by atoms with Crippen LogP contribution in [-0.2, 0) is 22.7 Å². The predicted molar refractivity (Wildman–Crippen MR) is 197 cm³/mol. The lowest BCUT2D eigenvalue weighted by atomic mass is 9.79. The van der Waals surface area contributed by atoms with Gasteiger partial charge in [0.25, 0.3) is 0 Å². The van der Waals surface area contributed by atoms with Gasteiger partial charge < -0.3 is 20.1 Å². The van der Waals surface area contributed by atoms with Crippen molar-refractivity contribution < 1.29 is 19.1 Å². The molecular weight excluding hydrogens is 711 g/mol. The van der Waals surface area contributed by atoms with Crippen LogP contribution in [-0.4, -0.2) is 85.1 Å². The molecule has 2 spiro atoms. The van der Waals surface area contributed by atoms with Gasteiger partial charge in [0.2, 0.25) is 17.7 Å². The zero-order valence-electron chi connectivity index (χ0n) is 28.3. The molecule has 4 aliphatic rings. The number of amides is 2. The zero-order valence-corrected chi connectivity index (χ0v) is 30.6. The molecule has 6 heterocycles. The number of carbonyl (C=O) groups is 2. The second kappa shape index (κ2) is 13.2. The molecule has 2 aromatic heterocycles. The fraction of sp³-hybridized carbons (Fsp3) is 0.368. The Labute approximate surface area is 311 Å². The highest BCUT2D eigenvalue weighted by Crippen LogP contribution is 2.45. The first kappa shape index (κ1) is 34.2. The van der Waals surface area contributed by atoms with Crippen molar-refractivity contribution in [2.45, 2.75) is 25.9 Å². The third-order valence-electron chi connectivity index (χ3n) is 10.6. The molecule has 264 valence electrons. The number of likely N-dealkylation sites (tertiary alicyclic amines) is 2. The maximum absolute atomic E-state index is 11.8. The predicted octanol–water partition coefficient (Wildman–Crippen LogP) is 6.10. The molecule has 10 nitrogen and oxygen atoms in total. The minimum Gasteiger partial charge on any atom is -0.496 e. The molecule has 0 saturated carbocycles. The number of nitrogens with zero attached hydrogens (tertiary/aromatic N) is 4. The van der Waals surface area contributed by atoms with Crippen LogP contribution in [0, 0.1) is 10.8 Å². The van der Waals surface area contributed by atoms with Gasteiger partial charge in [-0.3, -0.25) is 19.4 Å². The lowest BCUT2D eigenvalue weighted by Gasteiger charge is -2.47. The Kier molecular flexibility index (Phi) is 8.87. The molecule has 4 fully saturated rings. The average molecular weight is 748 g/mol. The molecule has 2 aromatic carbocycles. The van der Waals surface area contributed by atoms with E-state index in [0.29, 0.717) is 76.3 Å². The van der Waals surface area contributed by atoms with Crippen molar-refractivity contribution >= 4 is 46.6 Å².